The Kier molecular flexibility index (Phi) is 2.56. The van der Waals surface area contributed by atoms with E-state index in [9.17, 15) is 0 Å². The molecule has 5 heteroatoms. The molecule has 13 heavy (non-hydrogen) atoms. The average molecular weight is 192 g/mol. The van der Waals surface area contributed by atoms with Crippen LogP contribution in [0.1, 0.15) is 5.82 Å². The third kappa shape index (κ3) is 2.29. The molecule has 4 nitrogen and oxygen atoms in total. The van der Waals surface area contributed by atoms with Crippen LogP contribution in [-0.4, -0.2) is 20.2 Å². The molecule has 2 aromatic rings. The van der Waals surface area contributed by atoms with Gasteiger partial charge in [0.2, 0.25) is 0 Å². The lowest BCUT2D eigenvalue weighted by atomic mass is 10.6. The average Bonchev–Trinajstić information content (AvgIpc) is 2.69. The van der Waals surface area contributed by atoms with Gasteiger partial charge in [-0.3, -0.25) is 0 Å². The van der Waals surface area contributed by atoms with E-state index in [0.717, 1.165) is 16.6 Å². The highest BCUT2D eigenvalue weighted by atomic mass is 32.2. The Morgan fingerprint density at radius 1 is 1.38 bits per heavy atom. The fourth-order valence-electron chi connectivity index (χ4n) is 0.884. The molecule has 0 radical (unpaired) electrons. The first-order valence-corrected chi connectivity index (χ1v) is 4.82. The SMILES string of the molecule is c1cnnc(SCc2ncc[nH]2)c1. The number of nitrogens with zero attached hydrogens (tertiary/aromatic N) is 3. The van der Waals surface area contributed by atoms with E-state index in [0.29, 0.717) is 0 Å². The molecule has 2 heterocycles. The van der Waals surface area contributed by atoms with Crippen LogP contribution in [0.3, 0.4) is 0 Å². The standard InChI is InChI=1S/C8H8N4S/c1-2-8(12-11-3-1)13-6-7-9-4-5-10-7/h1-5H,6H2,(H,9,10). The molecule has 2 rings (SSSR count). The second-order valence-corrected chi connectivity index (χ2v) is 3.38. The van der Waals surface area contributed by atoms with E-state index in [1.54, 1.807) is 24.2 Å². The van der Waals surface area contributed by atoms with E-state index >= 15 is 0 Å². The van der Waals surface area contributed by atoms with Gasteiger partial charge in [-0.15, -0.1) is 5.10 Å². The third-order valence-corrected chi connectivity index (χ3v) is 2.39. The number of imidazole rings is 1. The summed E-state index contributed by atoms with van der Waals surface area (Å²) in [6.07, 6.45) is 5.22. The molecule has 0 aromatic carbocycles. The molecule has 2 aromatic heterocycles. The van der Waals surface area contributed by atoms with E-state index in [4.69, 9.17) is 0 Å². The second kappa shape index (κ2) is 4.04. The molecule has 0 aliphatic heterocycles. The lowest BCUT2D eigenvalue weighted by Crippen LogP contribution is -1.86. The number of aromatic amines is 1. The van der Waals surface area contributed by atoms with Gasteiger partial charge in [0.1, 0.15) is 10.9 Å². The molecule has 0 bridgehead atoms. The van der Waals surface area contributed by atoms with Crippen LogP contribution in [0.4, 0.5) is 0 Å². The topological polar surface area (TPSA) is 54.5 Å². The van der Waals surface area contributed by atoms with Crippen LogP contribution in [0.5, 0.6) is 0 Å². The van der Waals surface area contributed by atoms with Crippen LogP contribution >= 0.6 is 11.8 Å². The quantitative estimate of drug-likeness (QED) is 0.748. The van der Waals surface area contributed by atoms with Crippen molar-refractivity contribution in [2.24, 2.45) is 0 Å². The maximum Gasteiger partial charge on any atom is 0.119 e. The predicted octanol–water partition coefficient (Wildman–Crippen LogP) is 1.49. The van der Waals surface area contributed by atoms with Gasteiger partial charge in [-0.1, -0.05) is 11.8 Å². The minimum atomic E-state index is 0.797. The summed E-state index contributed by atoms with van der Waals surface area (Å²) in [7, 11) is 0. The number of aromatic nitrogens is 4. The first kappa shape index (κ1) is 8.25. The first-order chi connectivity index (χ1) is 6.45. The number of hydrogen-bond acceptors (Lipinski definition) is 4. The molecule has 0 fully saturated rings. The molecule has 0 unspecified atom stereocenters. The number of H-pyrrole nitrogens is 1. The Bertz CT molecular complexity index is 346. The van der Waals surface area contributed by atoms with Crippen molar-refractivity contribution in [3.05, 3.63) is 36.5 Å². The molecule has 0 saturated heterocycles. The van der Waals surface area contributed by atoms with Crippen LogP contribution in [0, 0.1) is 0 Å². The van der Waals surface area contributed by atoms with Crippen LogP contribution in [0.15, 0.2) is 35.7 Å². The molecule has 0 amide bonds. The van der Waals surface area contributed by atoms with Gasteiger partial charge in [-0.25, -0.2) is 4.98 Å². The van der Waals surface area contributed by atoms with Gasteiger partial charge in [-0.05, 0) is 12.1 Å². The van der Waals surface area contributed by atoms with Crippen molar-refractivity contribution in [1.82, 2.24) is 20.2 Å². The molecule has 0 aliphatic rings. The van der Waals surface area contributed by atoms with Gasteiger partial charge in [-0.2, -0.15) is 5.10 Å². The normalized spacial score (nSPS) is 10.2. The van der Waals surface area contributed by atoms with Crippen molar-refractivity contribution in [3.63, 3.8) is 0 Å². The Labute approximate surface area is 79.8 Å². The van der Waals surface area contributed by atoms with Crippen LogP contribution < -0.4 is 0 Å². The molecule has 0 aliphatic carbocycles. The highest BCUT2D eigenvalue weighted by Crippen LogP contribution is 2.16. The van der Waals surface area contributed by atoms with Gasteiger partial charge in [0.15, 0.2) is 0 Å². The Morgan fingerprint density at radius 2 is 2.38 bits per heavy atom. The summed E-state index contributed by atoms with van der Waals surface area (Å²) in [6.45, 7) is 0. The summed E-state index contributed by atoms with van der Waals surface area (Å²) in [6, 6.07) is 3.80. The lowest BCUT2D eigenvalue weighted by molar-refractivity contribution is 0.927. The fourth-order valence-corrected chi connectivity index (χ4v) is 1.61. The molecule has 1 N–H and O–H groups in total. The zero-order valence-electron chi connectivity index (χ0n) is 6.84. The fraction of sp³-hybridized carbons (Fsp3) is 0.125. The third-order valence-electron chi connectivity index (χ3n) is 1.46. The van der Waals surface area contributed by atoms with Gasteiger partial charge >= 0.3 is 0 Å². The van der Waals surface area contributed by atoms with Crippen LogP contribution in [-0.2, 0) is 5.75 Å². The Hall–Kier alpha value is -1.36. The zero-order chi connectivity index (χ0) is 8.93. The van der Waals surface area contributed by atoms with Gasteiger partial charge < -0.3 is 4.98 Å². The minimum absolute atomic E-state index is 0.797. The van der Waals surface area contributed by atoms with Crippen molar-refractivity contribution >= 4 is 11.8 Å². The summed E-state index contributed by atoms with van der Waals surface area (Å²) < 4.78 is 0. The van der Waals surface area contributed by atoms with Gasteiger partial charge in [0, 0.05) is 18.6 Å². The number of hydrogen-bond donors (Lipinski definition) is 1. The maximum atomic E-state index is 4.11. The molecule has 66 valence electrons. The lowest BCUT2D eigenvalue weighted by Gasteiger charge is -1.95. The highest BCUT2D eigenvalue weighted by molar-refractivity contribution is 7.98. The number of nitrogens with one attached hydrogen (secondary N) is 1. The van der Waals surface area contributed by atoms with Crippen molar-refractivity contribution in [2.75, 3.05) is 0 Å². The summed E-state index contributed by atoms with van der Waals surface area (Å²) in [5.74, 6) is 1.75. The molecule has 0 saturated carbocycles. The van der Waals surface area contributed by atoms with Gasteiger partial charge in [0.05, 0.1) is 5.75 Å². The largest absolute Gasteiger partial charge is 0.348 e. The highest BCUT2D eigenvalue weighted by Gasteiger charge is 1.97. The maximum absolute atomic E-state index is 4.11. The van der Waals surface area contributed by atoms with Gasteiger partial charge in [0.25, 0.3) is 0 Å². The summed E-state index contributed by atoms with van der Waals surface area (Å²) >= 11 is 1.61. The van der Waals surface area contributed by atoms with Crippen molar-refractivity contribution in [1.29, 1.82) is 0 Å². The summed E-state index contributed by atoms with van der Waals surface area (Å²) in [5, 5.41) is 8.65. The zero-order valence-corrected chi connectivity index (χ0v) is 7.66. The van der Waals surface area contributed by atoms with E-state index in [1.807, 2.05) is 18.3 Å². The van der Waals surface area contributed by atoms with Crippen molar-refractivity contribution in [3.8, 4) is 0 Å². The minimum Gasteiger partial charge on any atom is -0.348 e. The Balaban J connectivity index is 1.94. The van der Waals surface area contributed by atoms with E-state index in [2.05, 4.69) is 20.2 Å². The van der Waals surface area contributed by atoms with E-state index < -0.39 is 0 Å². The van der Waals surface area contributed by atoms with E-state index in [-0.39, 0.29) is 0 Å². The van der Waals surface area contributed by atoms with E-state index in [1.165, 1.54) is 0 Å². The molecular formula is C8H8N4S. The summed E-state index contributed by atoms with van der Waals surface area (Å²) in [4.78, 5) is 7.13. The van der Waals surface area contributed by atoms with Crippen molar-refractivity contribution in [2.45, 2.75) is 10.8 Å². The van der Waals surface area contributed by atoms with Crippen LogP contribution in [0.2, 0.25) is 0 Å². The molecular weight excluding hydrogens is 184 g/mol. The predicted molar refractivity (Wildman–Crippen MR) is 50.2 cm³/mol. The first-order valence-electron chi connectivity index (χ1n) is 3.84. The number of rotatable bonds is 3. The monoisotopic (exact) mass is 192 g/mol. The van der Waals surface area contributed by atoms with Crippen LogP contribution in [0.25, 0.3) is 0 Å². The van der Waals surface area contributed by atoms with Crippen molar-refractivity contribution < 1.29 is 0 Å². The second-order valence-electron chi connectivity index (χ2n) is 2.39. The molecule has 0 atom stereocenters. The number of thioether (sulfide) groups is 1. The Morgan fingerprint density at radius 3 is 3.08 bits per heavy atom. The summed E-state index contributed by atoms with van der Waals surface area (Å²) in [5.41, 5.74) is 0. The molecule has 0 spiro atoms. The smallest absolute Gasteiger partial charge is 0.119 e.